The Morgan fingerprint density at radius 1 is 1.38 bits per heavy atom. The van der Waals surface area contributed by atoms with Crippen LogP contribution in [-0.4, -0.2) is 33.7 Å². The molecule has 0 fully saturated rings. The Bertz CT molecular complexity index is 629. The summed E-state index contributed by atoms with van der Waals surface area (Å²) >= 11 is 0. The highest BCUT2D eigenvalue weighted by molar-refractivity contribution is 7.89. The van der Waals surface area contributed by atoms with Crippen molar-refractivity contribution >= 4 is 15.9 Å². The molecule has 1 rings (SSSR count). The number of benzene rings is 1. The molecule has 0 spiro atoms. The summed E-state index contributed by atoms with van der Waals surface area (Å²) in [5, 5.41) is 6.61. The quantitative estimate of drug-likeness (QED) is 0.832. The highest BCUT2D eigenvalue weighted by Gasteiger charge is 2.27. The van der Waals surface area contributed by atoms with E-state index in [-0.39, 0.29) is 10.6 Å². The Kier molecular flexibility index (Phi) is 5.18. The third-order valence-electron chi connectivity index (χ3n) is 2.31. The number of nitrogens with two attached hydrogens (primary N) is 1. The van der Waals surface area contributed by atoms with Gasteiger partial charge in [0.05, 0.1) is 4.90 Å². The lowest BCUT2D eigenvalue weighted by atomic mass is 10.2. The van der Waals surface area contributed by atoms with Gasteiger partial charge in [0.15, 0.2) is 6.61 Å². The summed E-state index contributed by atoms with van der Waals surface area (Å²) in [6, 6.07) is 3.76. The van der Waals surface area contributed by atoms with E-state index >= 15 is 0 Å². The number of carbonyl (C=O) groups is 1. The van der Waals surface area contributed by atoms with Crippen LogP contribution in [0.2, 0.25) is 0 Å². The summed E-state index contributed by atoms with van der Waals surface area (Å²) in [4.78, 5) is 11.0. The lowest BCUT2D eigenvalue weighted by molar-refractivity contribution is -0.139. The molecule has 6 nitrogen and oxygen atoms in total. The predicted octanol–water partition coefficient (Wildman–Crippen LogP) is 0.700. The second-order valence-corrected chi connectivity index (χ2v) is 5.68. The van der Waals surface area contributed by atoms with Gasteiger partial charge in [0.25, 0.3) is 5.91 Å². The van der Waals surface area contributed by atoms with Crippen LogP contribution in [0.5, 0.6) is 5.75 Å². The van der Waals surface area contributed by atoms with Gasteiger partial charge in [0.1, 0.15) is 12.3 Å². The highest BCUT2D eigenvalue weighted by atomic mass is 32.2. The monoisotopic (exact) mass is 326 g/mol. The van der Waals surface area contributed by atoms with Crippen LogP contribution in [0.15, 0.2) is 23.1 Å². The molecule has 0 aromatic heterocycles. The zero-order valence-electron chi connectivity index (χ0n) is 10.9. The van der Waals surface area contributed by atoms with Crippen molar-refractivity contribution in [2.24, 2.45) is 5.14 Å². The largest absolute Gasteiger partial charge is 0.484 e. The standard InChI is InChI=1S/C11H13F3N2O4S/c1-7-4-8(2-3-9(7)21(15,18)19)20-5-10(17)16-6-11(12,13)14/h2-4H,5-6H2,1H3,(H,16,17)(H2,15,18,19). The molecule has 1 amide bonds. The molecule has 0 aliphatic heterocycles. The fourth-order valence-corrected chi connectivity index (χ4v) is 2.20. The minimum Gasteiger partial charge on any atom is -0.484 e. The number of nitrogens with one attached hydrogen (secondary N) is 1. The average molecular weight is 326 g/mol. The van der Waals surface area contributed by atoms with Crippen LogP contribution in [0.25, 0.3) is 0 Å². The van der Waals surface area contributed by atoms with E-state index < -0.39 is 35.3 Å². The van der Waals surface area contributed by atoms with Crippen molar-refractivity contribution in [3.8, 4) is 5.75 Å². The van der Waals surface area contributed by atoms with Crippen LogP contribution in [-0.2, 0) is 14.8 Å². The van der Waals surface area contributed by atoms with Gasteiger partial charge in [-0.25, -0.2) is 13.6 Å². The van der Waals surface area contributed by atoms with Gasteiger partial charge in [-0.2, -0.15) is 13.2 Å². The highest BCUT2D eigenvalue weighted by Crippen LogP contribution is 2.20. The summed E-state index contributed by atoms with van der Waals surface area (Å²) in [6.07, 6.45) is -4.50. The predicted molar refractivity (Wildman–Crippen MR) is 67.1 cm³/mol. The van der Waals surface area contributed by atoms with Gasteiger partial charge in [0, 0.05) is 0 Å². The lowest BCUT2D eigenvalue weighted by Gasteiger charge is -2.10. The molecule has 3 N–H and O–H groups in total. The number of alkyl halides is 3. The number of aryl methyl sites for hydroxylation is 1. The normalized spacial score (nSPS) is 12.0. The summed E-state index contributed by atoms with van der Waals surface area (Å²) in [7, 11) is -3.87. The number of halogens is 3. The van der Waals surface area contributed by atoms with E-state index in [1.165, 1.54) is 25.1 Å². The summed E-state index contributed by atoms with van der Waals surface area (Å²) in [5.41, 5.74) is 0.297. The maximum atomic E-state index is 11.9. The van der Waals surface area contributed by atoms with E-state index in [0.29, 0.717) is 5.56 Å². The second-order valence-electron chi connectivity index (χ2n) is 4.15. The maximum Gasteiger partial charge on any atom is 0.405 e. The van der Waals surface area contributed by atoms with Crippen molar-refractivity contribution in [2.75, 3.05) is 13.2 Å². The van der Waals surface area contributed by atoms with Crippen LogP contribution in [0.3, 0.4) is 0 Å². The van der Waals surface area contributed by atoms with E-state index in [9.17, 15) is 26.4 Å². The second kappa shape index (κ2) is 6.31. The molecule has 0 atom stereocenters. The van der Waals surface area contributed by atoms with E-state index in [1.807, 2.05) is 0 Å². The van der Waals surface area contributed by atoms with Crippen LogP contribution in [0.1, 0.15) is 5.56 Å². The number of rotatable bonds is 5. The molecule has 0 unspecified atom stereocenters. The van der Waals surface area contributed by atoms with Crippen molar-refractivity contribution in [1.82, 2.24) is 5.32 Å². The summed E-state index contributed by atoms with van der Waals surface area (Å²) < 4.78 is 62.9. The number of ether oxygens (including phenoxy) is 1. The molecule has 118 valence electrons. The van der Waals surface area contributed by atoms with Gasteiger partial charge in [-0.05, 0) is 30.7 Å². The van der Waals surface area contributed by atoms with E-state index in [4.69, 9.17) is 9.88 Å². The smallest absolute Gasteiger partial charge is 0.405 e. The minimum absolute atomic E-state index is 0.101. The molecule has 0 radical (unpaired) electrons. The number of hydrogen-bond acceptors (Lipinski definition) is 4. The van der Waals surface area contributed by atoms with Gasteiger partial charge in [-0.15, -0.1) is 0 Å². The molecule has 0 aliphatic rings. The molecule has 0 bridgehead atoms. The molecular weight excluding hydrogens is 313 g/mol. The Balaban J connectivity index is 2.61. The van der Waals surface area contributed by atoms with E-state index in [0.717, 1.165) is 0 Å². The molecule has 0 heterocycles. The van der Waals surface area contributed by atoms with E-state index in [1.54, 1.807) is 5.32 Å². The number of carbonyl (C=O) groups excluding carboxylic acids is 1. The first kappa shape index (κ1) is 17.2. The topological polar surface area (TPSA) is 98.5 Å². The van der Waals surface area contributed by atoms with Gasteiger partial charge in [-0.1, -0.05) is 0 Å². The van der Waals surface area contributed by atoms with E-state index in [2.05, 4.69) is 0 Å². The molecule has 1 aromatic carbocycles. The van der Waals surface area contributed by atoms with Crippen molar-refractivity contribution < 1.29 is 31.1 Å². The molecule has 0 saturated heterocycles. The molecule has 21 heavy (non-hydrogen) atoms. The Hall–Kier alpha value is -1.81. The first-order valence-electron chi connectivity index (χ1n) is 5.59. The van der Waals surface area contributed by atoms with Crippen molar-refractivity contribution in [3.05, 3.63) is 23.8 Å². The number of amides is 1. The molecule has 0 aliphatic carbocycles. The Morgan fingerprint density at radius 2 is 2.00 bits per heavy atom. The minimum atomic E-state index is -4.50. The SMILES string of the molecule is Cc1cc(OCC(=O)NCC(F)(F)F)ccc1S(N)(=O)=O. The summed E-state index contributed by atoms with van der Waals surface area (Å²) in [5.74, 6) is -0.803. The third-order valence-corrected chi connectivity index (χ3v) is 3.38. The fourth-order valence-electron chi connectivity index (χ4n) is 1.43. The van der Waals surface area contributed by atoms with Crippen LogP contribution < -0.4 is 15.2 Å². The van der Waals surface area contributed by atoms with Gasteiger partial charge >= 0.3 is 6.18 Å². The van der Waals surface area contributed by atoms with Gasteiger partial charge in [0.2, 0.25) is 10.0 Å². The molecule has 10 heteroatoms. The average Bonchev–Trinajstić information content (AvgIpc) is 2.31. The van der Waals surface area contributed by atoms with Crippen molar-refractivity contribution in [3.63, 3.8) is 0 Å². The number of sulfonamides is 1. The van der Waals surface area contributed by atoms with Crippen LogP contribution in [0, 0.1) is 6.92 Å². The third kappa shape index (κ3) is 6.00. The Labute approximate surface area is 119 Å². The van der Waals surface area contributed by atoms with Crippen molar-refractivity contribution in [2.45, 2.75) is 18.0 Å². The lowest BCUT2D eigenvalue weighted by Crippen LogP contribution is -2.36. The first-order valence-corrected chi connectivity index (χ1v) is 7.13. The fraction of sp³-hybridized carbons (Fsp3) is 0.364. The van der Waals surface area contributed by atoms with Crippen LogP contribution in [0.4, 0.5) is 13.2 Å². The van der Waals surface area contributed by atoms with Gasteiger partial charge < -0.3 is 10.1 Å². The number of primary sulfonamides is 1. The van der Waals surface area contributed by atoms with Crippen LogP contribution >= 0.6 is 0 Å². The molecule has 0 saturated carbocycles. The molecular formula is C11H13F3N2O4S. The first-order chi connectivity index (χ1) is 9.49. The Morgan fingerprint density at radius 3 is 2.48 bits per heavy atom. The maximum absolute atomic E-state index is 11.9. The van der Waals surface area contributed by atoms with Gasteiger partial charge in [-0.3, -0.25) is 4.79 Å². The summed E-state index contributed by atoms with van der Waals surface area (Å²) in [6.45, 7) is -0.598. The number of hydrogen-bond donors (Lipinski definition) is 2. The zero-order valence-corrected chi connectivity index (χ0v) is 11.7. The zero-order chi connectivity index (χ0) is 16.3. The van der Waals surface area contributed by atoms with Crippen molar-refractivity contribution in [1.29, 1.82) is 0 Å². The molecule has 1 aromatic rings.